The van der Waals surface area contributed by atoms with Crippen LogP contribution in [0.1, 0.15) is 5.56 Å². The van der Waals surface area contributed by atoms with Gasteiger partial charge < -0.3 is 10.1 Å². The fourth-order valence-electron chi connectivity index (χ4n) is 3.13. The molecule has 4 aromatic rings. The summed E-state index contributed by atoms with van der Waals surface area (Å²) < 4.78 is 10.1. The summed E-state index contributed by atoms with van der Waals surface area (Å²) in [6.45, 7) is 0.903. The van der Waals surface area contributed by atoms with Gasteiger partial charge in [-0.1, -0.05) is 6.07 Å². The lowest BCUT2D eigenvalue weighted by atomic mass is 10.2. The van der Waals surface area contributed by atoms with E-state index in [1.165, 1.54) is 0 Å². The van der Waals surface area contributed by atoms with Crippen LogP contribution in [-0.2, 0) is 25.4 Å². The number of anilines is 1. The van der Waals surface area contributed by atoms with Crippen LogP contribution in [0.3, 0.4) is 0 Å². The largest absolute Gasteiger partial charge is 0.409 e. The second-order valence-electron chi connectivity index (χ2n) is 6.00. The maximum atomic E-state index is 12.0. The van der Waals surface area contributed by atoms with Crippen LogP contribution in [-0.4, -0.2) is 25.0 Å². The smallest absolute Gasteiger partial charge is 0.328 e. The molecule has 1 aromatic carbocycles. The van der Waals surface area contributed by atoms with Crippen LogP contribution in [0.25, 0.3) is 16.7 Å². The van der Waals surface area contributed by atoms with Crippen LogP contribution in [0.4, 0.5) is 5.69 Å². The molecule has 0 atom stereocenters. The van der Waals surface area contributed by atoms with Gasteiger partial charge in [-0.2, -0.15) is 0 Å². The lowest BCUT2D eigenvalue weighted by Crippen LogP contribution is -2.19. The van der Waals surface area contributed by atoms with Crippen LogP contribution >= 0.6 is 0 Å². The Morgan fingerprint density at radius 3 is 2.77 bits per heavy atom. The Morgan fingerprint density at radius 2 is 1.96 bits per heavy atom. The van der Waals surface area contributed by atoms with Crippen molar-refractivity contribution in [3.63, 3.8) is 0 Å². The molecule has 3 heterocycles. The van der Waals surface area contributed by atoms with Crippen LogP contribution in [0.5, 0.6) is 5.88 Å². The monoisotopic (exact) mass is 351 g/mol. The summed E-state index contributed by atoms with van der Waals surface area (Å²) in [4.78, 5) is 27.1. The van der Waals surface area contributed by atoms with Crippen molar-refractivity contribution in [2.45, 2.75) is 6.54 Å². The number of fused-ring (bicyclic) bond motifs is 2. The number of aryl methyl sites for hydroxylation is 2. The van der Waals surface area contributed by atoms with E-state index in [2.05, 4.69) is 10.3 Å². The Balaban J connectivity index is 1.67. The molecule has 0 amide bonds. The molecule has 0 spiro atoms. The van der Waals surface area contributed by atoms with E-state index in [4.69, 9.17) is 4.74 Å². The van der Waals surface area contributed by atoms with Gasteiger partial charge >= 0.3 is 5.69 Å². The normalized spacial score (nSPS) is 11.2. The van der Waals surface area contributed by atoms with Crippen molar-refractivity contribution in [3.8, 4) is 5.88 Å². The van der Waals surface area contributed by atoms with Gasteiger partial charge in [-0.3, -0.25) is 18.3 Å². The van der Waals surface area contributed by atoms with Crippen LogP contribution < -0.4 is 15.7 Å². The minimum absolute atomic E-state index is 0.0580. The topological polar surface area (TPSA) is 82.6 Å². The Morgan fingerprint density at radius 1 is 1.15 bits per heavy atom. The summed E-state index contributed by atoms with van der Waals surface area (Å²) in [6.07, 6.45) is 3.37. The molecule has 8 nitrogen and oxygen atoms in total. The summed E-state index contributed by atoms with van der Waals surface area (Å²) in [7, 11) is 3.51. The molecule has 0 saturated carbocycles. The van der Waals surface area contributed by atoms with Gasteiger partial charge in [-0.05, 0) is 29.8 Å². The number of ether oxygens (including phenoxy) is 1. The predicted molar refractivity (Wildman–Crippen MR) is 97.4 cm³/mol. The molecule has 0 radical (unpaired) electrons. The number of nitrogens with zero attached hydrogens (tertiary/aromatic N) is 4. The predicted octanol–water partition coefficient (Wildman–Crippen LogP) is 1.67. The number of nitrogens with one attached hydrogen (secondary N) is 1. The molecule has 4 rings (SSSR count). The molecule has 132 valence electrons. The standard InChI is InChI=1S/C18H17N5O3/c1-21-14-5-3-12(9-15(14)22(2)18(21)25)10-20-13-4-6-16-19-7-8-23(16)17(13)26-11-24/h3-9,11,20H,10H2,1-2H3. The number of rotatable bonds is 5. The zero-order valence-electron chi connectivity index (χ0n) is 14.3. The Hall–Kier alpha value is -3.55. The number of hydrogen-bond donors (Lipinski definition) is 1. The van der Waals surface area contributed by atoms with Gasteiger partial charge in [0.25, 0.3) is 6.47 Å². The summed E-state index contributed by atoms with van der Waals surface area (Å²) in [5.41, 5.74) is 4.05. The van der Waals surface area contributed by atoms with Gasteiger partial charge in [0.2, 0.25) is 5.88 Å². The van der Waals surface area contributed by atoms with Crippen molar-refractivity contribution >= 4 is 28.8 Å². The number of pyridine rings is 1. The van der Waals surface area contributed by atoms with E-state index in [1.54, 1.807) is 40.0 Å². The van der Waals surface area contributed by atoms with Crippen LogP contribution in [0, 0.1) is 0 Å². The van der Waals surface area contributed by atoms with E-state index in [-0.39, 0.29) is 5.69 Å². The average molecular weight is 351 g/mol. The molecular formula is C18H17N5O3. The summed E-state index contributed by atoms with van der Waals surface area (Å²) >= 11 is 0. The molecule has 0 aliphatic heterocycles. The van der Waals surface area contributed by atoms with Crippen molar-refractivity contribution in [2.24, 2.45) is 14.1 Å². The highest BCUT2D eigenvalue weighted by Gasteiger charge is 2.11. The highest BCUT2D eigenvalue weighted by atomic mass is 16.5. The van der Waals surface area contributed by atoms with Gasteiger partial charge in [0.1, 0.15) is 5.65 Å². The quantitative estimate of drug-likeness (QED) is 0.553. The van der Waals surface area contributed by atoms with E-state index >= 15 is 0 Å². The third-order valence-corrected chi connectivity index (χ3v) is 4.50. The van der Waals surface area contributed by atoms with E-state index in [0.29, 0.717) is 30.2 Å². The minimum Gasteiger partial charge on any atom is -0.409 e. The van der Waals surface area contributed by atoms with Gasteiger partial charge in [-0.25, -0.2) is 9.78 Å². The van der Waals surface area contributed by atoms with E-state index in [9.17, 15) is 9.59 Å². The lowest BCUT2D eigenvalue weighted by molar-refractivity contribution is -0.120. The molecule has 8 heteroatoms. The lowest BCUT2D eigenvalue weighted by Gasteiger charge is -2.12. The molecular weight excluding hydrogens is 334 g/mol. The summed E-state index contributed by atoms with van der Waals surface area (Å²) in [5.74, 6) is 0.378. The fourth-order valence-corrected chi connectivity index (χ4v) is 3.13. The number of carbonyl (C=O) groups is 1. The second kappa shape index (κ2) is 6.07. The maximum Gasteiger partial charge on any atom is 0.328 e. The van der Waals surface area contributed by atoms with E-state index in [1.807, 2.05) is 30.3 Å². The highest BCUT2D eigenvalue weighted by Crippen LogP contribution is 2.26. The molecule has 0 bridgehead atoms. The molecule has 0 fully saturated rings. The number of carbonyl (C=O) groups excluding carboxylic acids is 1. The van der Waals surface area contributed by atoms with Crippen molar-refractivity contribution in [3.05, 3.63) is 58.8 Å². The molecule has 1 N–H and O–H groups in total. The van der Waals surface area contributed by atoms with Crippen LogP contribution in [0.2, 0.25) is 0 Å². The van der Waals surface area contributed by atoms with Gasteiger partial charge in [-0.15, -0.1) is 0 Å². The number of hydrogen-bond acceptors (Lipinski definition) is 5. The molecule has 3 aromatic heterocycles. The van der Waals surface area contributed by atoms with Crippen molar-refractivity contribution in [1.29, 1.82) is 0 Å². The summed E-state index contributed by atoms with van der Waals surface area (Å²) in [5, 5.41) is 3.28. The first-order valence-corrected chi connectivity index (χ1v) is 8.04. The minimum atomic E-state index is -0.0580. The molecule has 0 aliphatic rings. The third-order valence-electron chi connectivity index (χ3n) is 4.50. The fraction of sp³-hybridized carbons (Fsp3) is 0.167. The van der Waals surface area contributed by atoms with E-state index in [0.717, 1.165) is 16.6 Å². The van der Waals surface area contributed by atoms with Crippen molar-refractivity contribution in [1.82, 2.24) is 18.5 Å². The Labute approximate surface area is 148 Å². The summed E-state index contributed by atoms with van der Waals surface area (Å²) in [6, 6.07) is 9.52. The number of benzene rings is 1. The Bertz CT molecular complexity index is 1180. The highest BCUT2D eigenvalue weighted by molar-refractivity contribution is 5.77. The number of imidazole rings is 2. The zero-order chi connectivity index (χ0) is 18.3. The van der Waals surface area contributed by atoms with Gasteiger partial charge in [0.15, 0.2) is 0 Å². The molecule has 26 heavy (non-hydrogen) atoms. The maximum absolute atomic E-state index is 12.0. The average Bonchev–Trinajstić information content (AvgIpc) is 3.21. The molecule has 0 unspecified atom stereocenters. The first-order chi connectivity index (χ1) is 12.6. The van der Waals surface area contributed by atoms with Gasteiger partial charge in [0, 0.05) is 33.0 Å². The van der Waals surface area contributed by atoms with Crippen molar-refractivity contribution < 1.29 is 9.53 Å². The van der Waals surface area contributed by atoms with E-state index < -0.39 is 0 Å². The van der Waals surface area contributed by atoms with Crippen molar-refractivity contribution in [2.75, 3.05) is 5.32 Å². The third kappa shape index (κ3) is 2.43. The first-order valence-electron chi connectivity index (χ1n) is 8.04. The van der Waals surface area contributed by atoms with Crippen LogP contribution in [0.15, 0.2) is 47.5 Å². The Kier molecular flexibility index (Phi) is 3.72. The first kappa shape index (κ1) is 15.9. The van der Waals surface area contributed by atoms with Gasteiger partial charge in [0.05, 0.1) is 16.7 Å². The number of aromatic nitrogens is 4. The molecule has 0 aliphatic carbocycles. The SMILES string of the molecule is Cn1c(=O)n(C)c2cc(CNc3ccc4nccn4c3OC=O)ccc21. The second-order valence-corrected chi connectivity index (χ2v) is 6.00. The zero-order valence-corrected chi connectivity index (χ0v) is 14.3. The molecule has 0 saturated heterocycles.